The van der Waals surface area contributed by atoms with Crippen LogP contribution in [0.2, 0.25) is 0 Å². The zero-order valence-electron chi connectivity index (χ0n) is 15.2. The maximum atomic E-state index is 12.1. The maximum absolute atomic E-state index is 12.1. The van der Waals surface area contributed by atoms with Crippen LogP contribution in [0.1, 0.15) is 43.1 Å². The monoisotopic (exact) mass is 341 g/mol. The Balaban J connectivity index is 1.72. The third-order valence-corrected chi connectivity index (χ3v) is 3.65. The molecule has 0 aliphatic carbocycles. The quantitative estimate of drug-likeness (QED) is 0.694. The largest absolute Gasteiger partial charge is 0.494 e. The molecule has 2 aromatic rings. The molecular weight excluding hydrogens is 314 g/mol. The zero-order valence-corrected chi connectivity index (χ0v) is 15.2. The van der Waals surface area contributed by atoms with Gasteiger partial charge in [0.15, 0.2) is 0 Å². The summed E-state index contributed by atoms with van der Waals surface area (Å²) < 4.78 is 11.0. The number of nitrogens with one attached hydrogen (secondary N) is 1. The van der Waals surface area contributed by atoms with Crippen LogP contribution in [0, 0.1) is 0 Å². The van der Waals surface area contributed by atoms with Gasteiger partial charge in [0.25, 0.3) is 5.91 Å². The van der Waals surface area contributed by atoms with E-state index in [1.807, 2.05) is 45.0 Å². The number of amides is 1. The lowest BCUT2D eigenvalue weighted by molar-refractivity contribution is 0.0953. The number of benzene rings is 2. The van der Waals surface area contributed by atoms with E-state index in [0.717, 1.165) is 24.3 Å². The second-order valence-electron chi connectivity index (χ2n) is 6.13. The van der Waals surface area contributed by atoms with E-state index in [1.165, 1.54) is 5.56 Å². The first-order valence-electron chi connectivity index (χ1n) is 8.85. The number of hydrogen-bond donors (Lipinski definition) is 1. The molecule has 0 fully saturated rings. The van der Waals surface area contributed by atoms with Gasteiger partial charge in [-0.1, -0.05) is 12.1 Å². The minimum Gasteiger partial charge on any atom is -0.494 e. The van der Waals surface area contributed by atoms with E-state index in [9.17, 15) is 4.79 Å². The van der Waals surface area contributed by atoms with E-state index in [1.54, 1.807) is 12.1 Å². The molecule has 25 heavy (non-hydrogen) atoms. The smallest absolute Gasteiger partial charge is 0.251 e. The summed E-state index contributed by atoms with van der Waals surface area (Å²) in [6, 6.07) is 15.3. The Hall–Kier alpha value is -2.49. The van der Waals surface area contributed by atoms with Gasteiger partial charge in [-0.15, -0.1) is 0 Å². The summed E-state index contributed by atoms with van der Waals surface area (Å²) in [4.78, 5) is 12.1. The Labute approximate surface area is 150 Å². The summed E-state index contributed by atoms with van der Waals surface area (Å²) in [7, 11) is 0. The summed E-state index contributed by atoms with van der Waals surface area (Å²) in [6.07, 6.45) is 2.00. The van der Waals surface area contributed by atoms with E-state index in [-0.39, 0.29) is 12.0 Å². The van der Waals surface area contributed by atoms with E-state index in [2.05, 4.69) is 17.4 Å². The van der Waals surface area contributed by atoms with Gasteiger partial charge < -0.3 is 14.8 Å². The maximum Gasteiger partial charge on any atom is 0.251 e. The summed E-state index contributed by atoms with van der Waals surface area (Å²) in [5.74, 6) is 1.62. The van der Waals surface area contributed by atoms with Crippen molar-refractivity contribution in [1.82, 2.24) is 5.32 Å². The Morgan fingerprint density at radius 2 is 1.64 bits per heavy atom. The number of carbonyl (C=O) groups is 1. The molecule has 0 saturated carbocycles. The predicted octanol–water partition coefficient (Wildman–Crippen LogP) is 4.24. The molecule has 0 radical (unpaired) electrons. The van der Waals surface area contributed by atoms with Gasteiger partial charge >= 0.3 is 0 Å². The van der Waals surface area contributed by atoms with Crippen molar-refractivity contribution in [3.05, 3.63) is 59.7 Å². The molecular formula is C21H27NO3. The second-order valence-corrected chi connectivity index (χ2v) is 6.13. The highest BCUT2D eigenvalue weighted by Crippen LogP contribution is 2.15. The molecule has 1 amide bonds. The molecule has 0 aliphatic heterocycles. The summed E-state index contributed by atoms with van der Waals surface area (Å²) in [5.41, 5.74) is 1.89. The Bertz CT molecular complexity index is 648. The van der Waals surface area contributed by atoms with Gasteiger partial charge in [0.05, 0.1) is 12.7 Å². The number of ether oxygens (including phenoxy) is 2. The van der Waals surface area contributed by atoms with Crippen LogP contribution in [0.25, 0.3) is 0 Å². The average molecular weight is 341 g/mol. The zero-order chi connectivity index (χ0) is 18.1. The molecule has 1 N–H and O–H groups in total. The van der Waals surface area contributed by atoms with Crippen molar-refractivity contribution in [2.24, 2.45) is 0 Å². The van der Waals surface area contributed by atoms with Crippen molar-refractivity contribution in [3.63, 3.8) is 0 Å². The van der Waals surface area contributed by atoms with Gasteiger partial charge in [0, 0.05) is 12.1 Å². The molecule has 0 unspecified atom stereocenters. The average Bonchev–Trinajstić information content (AvgIpc) is 2.60. The van der Waals surface area contributed by atoms with Crippen molar-refractivity contribution in [1.29, 1.82) is 0 Å². The van der Waals surface area contributed by atoms with Crippen LogP contribution < -0.4 is 14.8 Å². The summed E-state index contributed by atoms with van der Waals surface area (Å²) >= 11 is 0. The summed E-state index contributed by atoms with van der Waals surface area (Å²) in [6.45, 7) is 7.24. The Kier molecular flexibility index (Phi) is 7.33. The number of rotatable bonds is 9. The van der Waals surface area contributed by atoms with E-state index in [4.69, 9.17) is 9.47 Å². The fraction of sp³-hybridized carbons (Fsp3) is 0.381. The van der Waals surface area contributed by atoms with Gasteiger partial charge in [-0.2, -0.15) is 0 Å². The molecule has 0 aromatic heterocycles. The predicted molar refractivity (Wildman–Crippen MR) is 100 cm³/mol. The standard InChI is InChI=1S/C21H27NO3/c1-4-24-19-13-9-18(10-14-19)21(23)22-15-5-6-17-7-11-20(12-8-17)25-16(2)3/h7-14,16H,4-6,15H2,1-3H3,(H,22,23). The molecule has 2 aromatic carbocycles. The molecule has 0 spiro atoms. The molecule has 0 saturated heterocycles. The van der Waals surface area contributed by atoms with Gasteiger partial charge in [0.1, 0.15) is 11.5 Å². The molecule has 0 atom stereocenters. The normalized spacial score (nSPS) is 10.6. The lowest BCUT2D eigenvalue weighted by Gasteiger charge is -2.10. The minimum atomic E-state index is -0.0521. The lowest BCUT2D eigenvalue weighted by atomic mass is 10.1. The van der Waals surface area contributed by atoms with E-state index < -0.39 is 0 Å². The van der Waals surface area contributed by atoms with Crippen LogP contribution in [0.5, 0.6) is 11.5 Å². The number of aryl methyl sites for hydroxylation is 1. The highest BCUT2D eigenvalue weighted by atomic mass is 16.5. The fourth-order valence-corrected chi connectivity index (χ4v) is 2.47. The van der Waals surface area contributed by atoms with Crippen LogP contribution in [-0.2, 0) is 6.42 Å². The topological polar surface area (TPSA) is 47.6 Å². The van der Waals surface area contributed by atoms with Crippen LogP contribution in [-0.4, -0.2) is 25.2 Å². The SMILES string of the molecule is CCOc1ccc(C(=O)NCCCc2ccc(OC(C)C)cc2)cc1. The Morgan fingerprint density at radius 1 is 1.00 bits per heavy atom. The van der Waals surface area contributed by atoms with Gasteiger partial charge in [-0.3, -0.25) is 4.79 Å². The van der Waals surface area contributed by atoms with E-state index >= 15 is 0 Å². The van der Waals surface area contributed by atoms with Gasteiger partial charge in [-0.05, 0) is 75.6 Å². The van der Waals surface area contributed by atoms with Crippen molar-refractivity contribution < 1.29 is 14.3 Å². The molecule has 0 heterocycles. The van der Waals surface area contributed by atoms with Crippen molar-refractivity contribution in [2.75, 3.05) is 13.2 Å². The highest BCUT2D eigenvalue weighted by molar-refractivity contribution is 5.94. The van der Waals surface area contributed by atoms with Gasteiger partial charge in [0.2, 0.25) is 0 Å². The van der Waals surface area contributed by atoms with Crippen LogP contribution in [0.4, 0.5) is 0 Å². The summed E-state index contributed by atoms with van der Waals surface area (Å²) in [5, 5.41) is 2.95. The fourth-order valence-electron chi connectivity index (χ4n) is 2.47. The van der Waals surface area contributed by atoms with Crippen LogP contribution in [0.15, 0.2) is 48.5 Å². The van der Waals surface area contributed by atoms with E-state index in [0.29, 0.717) is 18.7 Å². The molecule has 0 aliphatic rings. The molecule has 4 heteroatoms. The number of hydrogen-bond acceptors (Lipinski definition) is 3. The molecule has 4 nitrogen and oxygen atoms in total. The van der Waals surface area contributed by atoms with Crippen molar-refractivity contribution >= 4 is 5.91 Å². The number of carbonyl (C=O) groups excluding carboxylic acids is 1. The van der Waals surface area contributed by atoms with Gasteiger partial charge in [-0.25, -0.2) is 0 Å². The second kappa shape index (κ2) is 9.72. The highest BCUT2D eigenvalue weighted by Gasteiger charge is 2.05. The third kappa shape index (κ3) is 6.49. The lowest BCUT2D eigenvalue weighted by Crippen LogP contribution is -2.24. The first-order valence-corrected chi connectivity index (χ1v) is 8.85. The molecule has 134 valence electrons. The van der Waals surface area contributed by atoms with Crippen LogP contribution >= 0.6 is 0 Å². The van der Waals surface area contributed by atoms with Crippen molar-refractivity contribution in [2.45, 2.75) is 39.7 Å². The molecule has 0 bridgehead atoms. The minimum absolute atomic E-state index is 0.0521. The first-order chi connectivity index (χ1) is 12.1. The van der Waals surface area contributed by atoms with Crippen LogP contribution in [0.3, 0.4) is 0 Å². The Morgan fingerprint density at radius 3 is 2.24 bits per heavy atom. The first kappa shape index (κ1) is 18.8. The third-order valence-electron chi connectivity index (χ3n) is 3.65. The van der Waals surface area contributed by atoms with Crippen molar-refractivity contribution in [3.8, 4) is 11.5 Å². The molecule has 2 rings (SSSR count).